The van der Waals surface area contributed by atoms with Crippen molar-refractivity contribution >= 4 is 5.97 Å². The Hall–Kier alpha value is -2.22. The van der Waals surface area contributed by atoms with Crippen LogP contribution in [0.15, 0.2) is 0 Å². The van der Waals surface area contributed by atoms with Gasteiger partial charge in [-0.15, -0.1) is 5.10 Å². The highest BCUT2D eigenvalue weighted by molar-refractivity contribution is 5.90. The molecule has 2 aromatic heterocycles. The second-order valence-electron chi connectivity index (χ2n) is 3.99. The predicted octanol–water partition coefficient (Wildman–Crippen LogP) is -0.541. The molecular formula is C9H10N6O2. The molecule has 1 aliphatic carbocycles. The van der Waals surface area contributed by atoms with Crippen LogP contribution >= 0.6 is 0 Å². The average Bonchev–Trinajstić information content (AvgIpc) is 2.84. The van der Waals surface area contributed by atoms with E-state index in [1.54, 1.807) is 11.7 Å². The molecule has 0 spiro atoms. The Morgan fingerprint density at radius 1 is 1.59 bits per heavy atom. The average molecular weight is 234 g/mol. The lowest BCUT2D eigenvalue weighted by Gasteiger charge is -2.17. The zero-order chi connectivity index (χ0) is 12.2. The van der Waals surface area contributed by atoms with E-state index in [0.29, 0.717) is 23.4 Å². The van der Waals surface area contributed by atoms with Crippen LogP contribution in [0.1, 0.15) is 27.8 Å². The van der Waals surface area contributed by atoms with Gasteiger partial charge in [0.2, 0.25) is 0 Å². The Morgan fingerprint density at radius 2 is 2.35 bits per heavy atom. The number of hydrogen-bond acceptors (Lipinski definition) is 5. The van der Waals surface area contributed by atoms with E-state index in [4.69, 9.17) is 10.8 Å². The summed E-state index contributed by atoms with van der Waals surface area (Å²) in [5.41, 5.74) is 8.48. The van der Waals surface area contributed by atoms with Crippen LogP contribution < -0.4 is 5.73 Å². The standard InChI is InChI=1S/C9H10N6O2/c1-15-4-2-3(10)5-7(6(4)13-14-15)11-12-8(5)9(16)17/h3H,2,10H2,1H3,(H,11,12)(H,16,17). The van der Waals surface area contributed by atoms with E-state index < -0.39 is 12.0 Å². The highest BCUT2D eigenvalue weighted by atomic mass is 16.4. The number of aromatic carboxylic acids is 1. The summed E-state index contributed by atoms with van der Waals surface area (Å²) < 4.78 is 1.63. The summed E-state index contributed by atoms with van der Waals surface area (Å²) in [4.78, 5) is 11.0. The van der Waals surface area contributed by atoms with Crippen LogP contribution in [0.25, 0.3) is 11.4 Å². The molecule has 8 nitrogen and oxygen atoms in total. The number of carboxylic acid groups (broad SMARTS) is 1. The van der Waals surface area contributed by atoms with Crippen molar-refractivity contribution in [2.75, 3.05) is 0 Å². The molecule has 17 heavy (non-hydrogen) atoms. The van der Waals surface area contributed by atoms with Crippen molar-refractivity contribution < 1.29 is 9.90 Å². The van der Waals surface area contributed by atoms with Crippen LogP contribution in [0.5, 0.6) is 0 Å². The summed E-state index contributed by atoms with van der Waals surface area (Å²) in [6, 6.07) is -0.403. The van der Waals surface area contributed by atoms with Crippen molar-refractivity contribution in [3.8, 4) is 11.4 Å². The Bertz CT molecular complexity index is 613. The molecule has 0 saturated heterocycles. The Kier molecular flexibility index (Phi) is 1.84. The third kappa shape index (κ3) is 1.21. The molecule has 1 aliphatic rings. The van der Waals surface area contributed by atoms with Gasteiger partial charge in [-0.2, -0.15) is 5.10 Å². The summed E-state index contributed by atoms with van der Waals surface area (Å²) in [6.45, 7) is 0. The molecule has 2 aromatic rings. The SMILES string of the molecule is Cn1nnc2c1CC(N)c1c-2n[nH]c1C(=O)O. The van der Waals surface area contributed by atoms with E-state index in [2.05, 4.69) is 20.5 Å². The first kappa shape index (κ1) is 9.97. The minimum Gasteiger partial charge on any atom is -0.477 e. The Balaban J connectivity index is 2.27. The number of nitrogens with two attached hydrogens (primary N) is 1. The predicted molar refractivity (Wildman–Crippen MR) is 56.2 cm³/mol. The quantitative estimate of drug-likeness (QED) is 0.609. The zero-order valence-corrected chi connectivity index (χ0v) is 9.01. The monoisotopic (exact) mass is 234 g/mol. The number of aryl methyl sites for hydroxylation is 1. The van der Waals surface area contributed by atoms with Crippen molar-refractivity contribution in [1.29, 1.82) is 0 Å². The van der Waals surface area contributed by atoms with Crippen molar-refractivity contribution in [3.05, 3.63) is 17.0 Å². The van der Waals surface area contributed by atoms with Crippen LogP contribution in [0.3, 0.4) is 0 Å². The molecule has 0 aromatic carbocycles. The van der Waals surface area contributed by atoms with Crippen LogP contribution in [0, 0.1) is 0 Å². The van der Waals surface area contributed by atoms with Gasteiger partial charge in [-0.25, -0.2) is 4.79 Å². The Labute approximate surface area is 95.4 Å². The molecule has 0 aliphatic heterocycles. The van der Waals surface area contributed by atoms with Gasteiger partial charge in [0, 0.05) is 25.1 Å². The highest BCUT2D eigenvalue weighted by Gasteiger charge is 2.33. The Morgan fingerprint density at radius 3 is 3.06 bits per heavy atom. The van der Waals surface area contributed by atoms with E-state index in [0.717, 1.165) is 5.69 Å². The first-order valence-corrected chi connectivity index (χ1v) is 5.05. The van der Waals surface area contributed by atoms with E-state index in [1.807, 2.05) is 0 Å². The maximum absolute atomic E-state index is 11.0. The summed E-state index contributed by atoms with van der Waals surface area (Å²) in [6.07, 6.45) is 0.506. The van der Waals surface area contributed by atoms with Gasteiger partial charge in [0.15, 0.2) is 0 Å². The topological polar surface area (TPSA) is 123 Å². The minimum absolute atomic E-state index is 0.0313. The first-order chi connectivity index (χ1) is 8.09. The van der Waals surface area contributed by atoms with Crippen LogP contribution in [0.2, 0.25) is 0 Å². The summed E-state index contributed by atoms with van der Waals surface area (Å²) in [5.74, 6) is -1.07. The number of nitrogens with zero attached hydrogens (tertiary/aromatic N) is 4. The summed E-state index contributed by atoms with van der Waals surface area (Å²) in [5, 5.41) is 23.4. The van der Waals surface area contributed by atoms with Gasteiger partial charge in [0.1, 0.15) is 17.1 Å². The molecule has 1 unspecified atom stereocenters. The van der Waals surface area contributed by atoms with Crippen molar-refractivity contribution in [2.24, 2.45) is 12.8 Å². The second-order valence-corrected chi connectivity index (χ2v) is 3.99. The van der Waals surface area contributed by atoms with Gasteiger partial charge in [-0.3, -0.25) is 9.78 Å². The molecule has 0 amide bonds. The molecule has 3 rings (SSSR count). The number of aromatic amines is 1. The fourth-order valence-corrected chi connectivity index (χ4v) is 2.16. The maximum Gasteiger partial charge on any atom is 0.354 e. The number of carbonyl (C=O) groups is 1. The molecular weight excluding hydrogens is 224 g/mol. The summed E-state index contributed by atoms with van der Waals surface area (Å²) in [7, 11) is 1.77. The van der Waals surface area contributed by atoms with E-state index >= 15 is 0 Å². The molecule has 4 N–H and O–H groups in total. The van der Waals surface area contributed by atoms with Gasteiger partial charge in [0.25, 0.3) is 0 Å². The molecule has 0 fully saturated rings. The molecule has 0 bridgehead atoms. The number of nitrogens with one attached hydrogen (secondary N) is 1. The number of rotatable bonds is 1. The van der Waals surface area contributed by atoms with Crippen LogP contribution in [-0.2, 0) is 13.5 Å². The van der Waals surface area contributed by atoms with Gasteiger partial charge >= 0.3 is 5.97 Å². The third-order valence-electron chi connectivity index (χ3n) is 2.97. The molecule has 1 atom stereocenters. The number of H-pyrrole nitrogens is 1. The van der Waals surface area contributed by atoms with Crippen LogP contribution in [-0.4, -0.2) is 36.3 Å². The van der Waals surface area contributed by atoms with Gasteiger partial charge in [-0.1, -0.05) is 5.21 Å². The lowest BCUT2D eigenvalue weighted by Crippen LogP contribution is -2.22. The summed E-state index contributed by atoms with van der Waals surface area (Å²) >= 11 is 0. The lowest BCUT2D eigenvalue weighted by molar-refractivity contribution is 0.0688. The molecule has 0 radical (unpaired) electrons. The van der Waals surface area contributed by atoms with Crippen LogP contribution in [0.4, 0.5) is 0 Å². The molecule has 8 heteroatoms. The molecule has 2 heterocycles. The molecule has 0 saturated carbocycles. The number of carboxylic acids is 1. The highest BCUT2D eigenvalue weighted by Crippen LogP contribution is 2.36. The lowest BCUT2D eigenvalue weighted by atomic mass is 9.92. The second kappa shape index (κ2) is 3.14. The van der Waals surface area contributed by atoms with Gasteiger partial charge in [0.05, 0.1) is 5.69 Å². The zero-order valence-electron chi connectivity index (χ0n) is 9.01. The largest absolute Gasteiger partial charge is 0.477 e. The maximum atomic E-state index is 11.0. The van der Waals surface area contributed by atoms with E-state index in [9.17, 15) is 4.79 Å². The van der Waals surface area contributed by atoms with Crippen molar-refractivity contribution in [2.45, 2.75) is 12.5 Å². The minimum atomic E-state index is -1.07. The normalized spacial score (nSPS) is 17.6. The van der Waals surface area contributed by atoms with Gasteiger partial charge < -0.3 is 10.8 Å². The number of fused-ring (bicyclic) bond motifs is 3. The fraction of sp³-hybridized carbons (Fsp3) is 0.333. The van der Waals surface area contributed by atoms with E-state index in [1.165, 1.54) is 0 Å². The number of hydrogen-bond donors (Lipinski definition) is 3. The van der Waals surface area contributed by atoms with Gasteiger partial charge in [-0.05, 0) is 0 Å². The van der Waals surface area contributed by atoms with Crippen molar-refractivity contribution in [3.63, 3.8) is 0 Å². The van der Waals surface area contributed by atoms with E-state index in [-0.39, 0.29) is 5.69 Å². The molecule has 88 valence electrons. The van der Waals surface area contributed by atoms with Crippen molar-refractivity contribution in [1.82, 2.24) is 25.2 Å². The smallest absolute Gasteiger partial charge is 0.354 e. The fourth-order valence-electron chi connectivity index (χ4n) is 2.16. The first-order valence-electron chi connectivity index (χ1n) is 5.05. The number of aromatic nitrogens is 5. The third-order valence-corrected chi connectivity index (χ3v) is 2.97.